The Labute approximate surface area is 194 Å². The van der Waals surface area contributed by atoms with Crippen LogP contribution < -0.4 is 14.2 Å². The molecule has 1 saturated heterocycles. The molecule has 1 aliphatic rings. The van der Waals surface area contributed by atoms with Crippen molar-refractivity contribution < 1.29 is 23.9 Å². The van der Waals surface area contributed by atoms with E-state index in [1.54, 1.807) is 31.4 Å². The number of thiocarbonyl (C=S) groups is 1. The summed E-state index contributed by atoms with van der Waals surface area (Å²) in [7, 11) is 1.56. The summed E-state index contributed by atoms with van der Waals surface area (Å²) < 4.78 is 17.1. The van der Waals surface area contributed by atoms with Crippen LogP contribution in [-0.2, 0) is 4.79 Å². The lowest BCUT2D eigenvalue weighted by Gasteiger charge is -2.12. The van der Waals surface area contributed by atoms with Gasteiger partial charge in [0.2, 0.25) is 0 Å². The molecule has 1 amide bonds. The number of carbonyl (C=O) groups excluding carboxylic acids is 1. The molecule has 0 saturated carbocycles. The Morgan fingerprint density at radius 3 is 2.50 bits per heavy atom. The zero-order valence-electron chi connectivity index (χ0n) is 17.2. The first-order valence-electron chi connectivity index (χ1n) is 9.48. The molecule has 1 fully saturated rings. The molecule has 0 unspecified atom stereocenters. The first-order chi connectivity index (χ1) is 15.4. The van der Waals surface area contributed by atoms with Crippen molar-refractivity contribution in [1.29, 1.82) is 0 Å². The number of benzene rings is 2. The van der Waals surface area contributed by atoms with Crippen molar-refractivity contribution in [3.63, 3.8) is 0 Å². The number of thioether (sulfide) groups is 1. The van der Waals surface area contributed by atoms with Crippen molar-refractivity contribution in [3.8, 4) is 17.2 Å². The lowest BCUT2D eigenvalue weighted by Crippen LogP contribution is -2.27. The number of ether oxygens (including phenoxy) is 3. The Bertz CT molecular complexity index is 1090. The van der Waals surface area contributed by atoms with Gasteiger partial charge in [-0.1, -0.05) is 42.2 Å². The van der Waals surface area contributed by atoms with Crippen LogP contribution in [0.25, 0.3) is 6.08 Å². The number of nitro benzene ring substituents is 1. The van der Waals surface area contributed by atoms with Crippen molar-refractivity contribution in [1.82, 2.24) is 4.90 Å². The van der Waals surface area contributed by atoms with Gasteiger partial charge in [-0.2, -0.15) is 0 Å². The van der Waals surface area contributed by atoms with Gasteiger partial charge in [0.1, 0.15) is 23.3 Å². The second-order valence-corrected chi connectivity index (χ2v) is 8.08. The standard InChI is InChI=1S/C22H20N2O6S2/c1-3-10-23-21(25)20(32-22(23)31)14-15-13-16(24(26)27)8-9-17(15)29-11-12-30-19-7-5-4-6-18(19)28-2/h3-9,13-14H,1,10-12H2,2H3. The predicted octanol–water partition coefficient (Wildman–Crippen LogP) is 4.45. The summed E-state index contributed by atoms with van der Waals surface area (Å²) in [6.07, 6.45) is 3.13. The molecule has 8 nitrogen and oxygen atoms in total. The monoisotopic (exact) mass is 472 g/mol. The highest BCUT2D eigenvalue weighted by atomic mass is 32.2. The minimum atomic E-state index is -0.505. The molecule has 32 heavy (non-hydrogen) atoms. The van der Waals surface area contributed by atoms with Gasteiger partial charge in [0.05, 0.1) is 16.9 Å². The van der Waals surface area contributed by atoms with Gasteiger partial charge >= 0.3 is 0 Å². The van der Waals surface area contributed by atoms with Gasteiger partial charge in [0.25, 0.3) is 11.6 Å². The summed E-state index contributed by atoms with van der Waals surface area (Å²) in [4.78, 5) is 25.1. The number of non-ortho nitro benzene ring substituents is 1. The number of para-hydroxylation sites is 2. The molecule has 0 atom stereocenters. The van der Waals surface area contributed by atoms with Crippen molar-refractivity contribution in [2.45, 2.75) is 0 Å². The number of rotatable bonds is 10. The van der Waals surface area contributed by atoms with Crippen molar-refractivity contribution >= 4 is 46.0 Å². The fraction of sp³-hybridized carbons (Fsp3) is 0.182. The van der Waals surface area contributed by atoms with Gasteiger partial charge in [0, 0.05) is 24.2 Å². The summed E-state index contributed by atoms with van der Waals surface area (Å²) in [5.41, 5.74) is 0.283. The Balaban J connectivity index is 1.76. The molecule has 1 aliphatic heterocycles. The van der Waals surface area contributed by atoms with Crippen molar-refractivity contribution in [3.05, 3.63) is 75.7 Å². The fourth-order valence-corrected chi connectivity index (χ4v) is 4.13. The van der Waals surface area contributed by atoms with Gasteiger partial charge in [-0.25, -0.2) is 0 Å². The number of hydrogen-bond acceptors (Lipinski definition) is 8. The molecule has 1 heterocycles. The number of nitro groups is 1. The zero-order valence-corrected chi connectivity index (χ0v) is 18.8. The molecule has 0 aromatic heterocycles. The van der Waals surface area contributed by atoms with Gasteiger partial charge in [-0.15, -0.1) is 6.58 Å². The summed E-state index contributed by atoms with van der Waals surface area (Å²) in [6.45, 7) is 4.31. The van der Waals surface area contributed by atoms with Crippen LogP contribution in [0.1, 0.15) is 5.56 Å². The van der Waals surface area contributed by atoms with Crippen molar-refractivity contribution in [2.75, 3.05) is 26.9 Å². The van der Waals surface area contributed by atoms with E-state index in [4.69, 9.17) is 26.4 Å². The Hall–Kier alpha value is -3.37. The molecule has 0 N–H and O–H groups in total. The number of carbonyl (C=O) groups is 1. The minimum Gasteiger partial charge on any atom is -0.493 e. The Morgan fingerprint density at radius 2 is 1.84 bits per heavy atom. The third kappa shape index (κ3) is 5.45. The van der Waals surface area contributed by atoms with E-state index in [0.717, 1.165) is 11.8 Å². The van der Waals surface area contributed by atoms with Crippen LogP contribution in [0.3, 0.4) is 0 Å². The molecule has 0 aliphatic carbocycles. The zero-order chi connectivity index (χ0) is 23.1. The molecule has 2 aromatic carbocycles. The molecular formula is C22H20N2O6S2. The number of amides is 1. The van der Waals surface area contributed by atoms with E-state index in [0.29, 0.717) is 38.6 Å². The lowest BCUT2D eigenvalue weighted by atomic mass is 10.1. The van der Waals surface area contributed by atoms with Crippen LogP contribution in [0.2, 0.25) is 0 Å². The smallest absolute Gasteiger partial charge is 0.270 e. The highest BCUT2D eigenvalue weighted by molar-refractivity contribution is 8.26. The number of methoxy groups -OCH3 is 1. The maximum atomic E-state index is 12.6. The maximum absolute atomic E-state index is 12.6. The first-order valence-corrected chi connectivity index (χ1v) is 10.7. The van der Waals surface area contributed by atoms with Crippen LogP contribution in [0.4, 0.5) is 5.69 Å². The van der Waals surface area contributed by atoms with Crippen molar-refractivity contribution in [2.24, 2.45) is 0 Å². The van der Waals surface area contributed by atoms with E-state index in [9.17, 15) is 14.9 Å². The first kappa shape index (κ1) is 23.3. The highest BCUT2D eigenvalue weighted by Crippen LogP contribution is 2.35. The van der Waals surface area contributed by atoms with Crippen LogP contribution in [0.15, 0.2) is 60.0 Å². The second kappa shape index (κ2) is 10.8. The minimum absolute atomic E-state index is 0.115. The molecular weight excluding hydrogens is 452 g/mol. The predicted molar refractivity (Wildman–Crippen MR) is 127 cm³/mol. The molecule has 0 radical (unpaired) electrons. The van der Waals surface area contributed by atoms with Crippen LogP contribution >= 0.6 is 24.0 Å². The quantitative estimate of drug-likeness (QED) is 0.125. The molecule has 166 valence electrons. The van der Waals surface area contributed by atoms with E-state index < -0.39 is 4.92 Å². The third-order valence-electron chi connectivity index (χ3n) is 4.34. The average Bonchev–Trinajstić information content (AvgIpc) is 3.05. The van der Waals surface area contributed by atoms with E-state index in [1.165, 1.54) is 23.1 Å². The van der Waals surface area contributed by atoms with Gasteiger partial charge in [-0.3, -0.25) is 19.8 Å². The molecule has 3 rings (SSSR count). The topological polar surface area (TPSA) is 91.1 Å². The molecule has 2 aromatic rings. The maximum Gasteiger partial charge on any atom is 0.270 e. The summed E-state index contributed by atoms with van der Waals surface area (Å²) in [5, 5.41) is 11.2. The lowest BCUT2D eigenvalue weighted by molar-refractivity contribution is -0.384. The van der Waals surface area contributed by atoms with Gasteiger partial charge in [-0.05, 0) is 24.3 Å². The third-order valence-corrected chi connectivity index (χ3v) is 5.72. The second-order valence-electron chi connectivity index (χ2n) is 6.41. The number of hydrogen-bond donors (Lipinski definition) is 0. The summed E-state index contributed by atoms with van der Waals surface area (Å²) >= 11 is 6.37. The van der Waals surface area contributed by atoms with Crippen LogP contribution in [0, 0.1) is 10.1 Å². The van der Waals surface area contributed by atoms with Crippen LogP contribution in [-0.4, -0.2) is 46.9 Å². The number of nitrogens with zero attached hydrogens (tertiary/aromatic N) is 2. The Kier molecular flexibility index (Phi) is 7.85. The van der Waals surface area contributed by atoms with Gasteiger partial charge in [0.15, 0.2) is 11.5 Å². The summed E-state index contributed by atoms with van der Waals surface area (Å²) in [6, 6.07) is 11.4. The Morgan fingerprint density at radius 1 is 1.16 bits per heavy atom. The summed E-state index contributed by atoms with van der Waals surface area (Å²) in [5.74, 6) is 1.28. The van der Waals surface area contributed by atoms with E-state index in [1.807, 2.05) is 12.1 Å². The normalized spacial score (nSPS) is 14.5. The van der Waals surface area contributed by atoms with E-state index in [-0.39, 0.29) is 24.8 Å². The highest BCUT2D eigenvalue weighted by Gasteiger charge is 2.31. The largest absolute Gasteiger partial charge is 0.493 e. The average molecular weight is 473 g/mol. The SMILES string of the molecule is C=CCN1C(=O)C(=Cc2cc([N+](=O)[O-])ccc2OCCOc2ccccc2OC)SC1=S. The molecule has 10 heteroatoms. The van der Waals surface area contributed by atoms with Crippen LogP contribution in [0.5, 0.6) is 17.2 Å². The molecule has 0 spiro atoms. The van der Waals surface area contributed by atoms with Gasteiger partial charge < -0.3 is 14.2 Å². The molecule has 0 bridgehead atoms. The van der Waals surface area contributed by atoms with E-state index in [2.05, 4.69) is 6.58 Å². The fourth-order valence-electron chi connectivity index (χ4n) is 2.86. The van der Waals surface area contributed by atoms with E-state index >= 15 is 0 Å².